The second-order valence-corrected chi connectivity index (χ2v) is 6.76. The molecule has 0 saturated carbocycles. The van der Waals surface area contributed by atoms with E-state index in [9.17, 15) is 9.59 Å². The molecule has 1 aliphatic rings. The number of nitrogens with one attached hydrogen (secondary N) is 2. The van der Waals surface area contributed by atoms with Gasteiger partial charge in [0.15, 0.2) is 5.16 Å². The number of carbonyl (C=O) groups is 1. The highest BCUT2D eigenvalue weighted by Crippen LogP contribution is 2.19. The van der Waals surface area contributed by atoms with Crippen LogP contribution in [0.2, 0.25) is 0 Å². The van der Waals surface area contributed by atoms with Gasteiger partial charge in [0, 0.05) is 13.1 Å². The second-order valence-electron chi connectivity index (χ2n) is 5.81. The predicted molar refractivity (Wildman–Crippen MR) is 92.7 cm³/mol. The van der Waals surface area contributed by atoms with E-state index in [4.69, 9.17) is 0 Å². The molecule has 1 heterocycles. The molecule has 0 spiro atoms. The molecule has 0 aliphatic heterocycles. The highest BCUT2D eigenvalue weighted by atomic mass is 32.2. The largest absolute Gasteiger partial charge is 0.355 e. The third-order valence-corrected chi connectivity index (χ3v) is 4.92. The fourth-order valence-corrected chi connectivity index (χ4v) is 3.40. The van der Waals surface area contributed by atoms with Crippen LogP contribution in [0.25, 0.3) is 0 Å². The van der Waals surface area contributed by atoms with E-state index in [0.29, 0.717) is 18.2 Å². The van der Waals surface area contributed by atoms with Crippen LogP contribution >= 0.6 is 11.8 Å². The van der Waals surface area contributed by atoms with E-state index in [0.717, 1.165) is 19.3 Å². The molecule has 0 aromatic carbocycles. The first-order valence-electron chi connectivity index (χ1n) is 8.43. The standard InChI is InChI=1S/C16H26N4O2S/c1-2-3-11-20-15(22)18-19-16(20)23-12-14(21)17-10-9-13-7-5-4-6-8-13/h7H,2-6,8-12H2,1H3,(H,17,21)(H,18,22). The van der Waals surface area contributed by atoms with Crippen LogP contribution in [0.3, 0.4) is 0 Å². The third-order valence-electron chi connectivity index (χ3n) is 3.94. The average Bonchev–Trinajstić information content (AvgIpc) is 2.92. The van der Waals surface area contributed by atoms with E-state index in [2.05, 4.69) is 28.5 Å². The van der Waals surface area contributed by atoms with E-state index in [1.807, 2.05) is 0 Å². The summed E-state index contributed by atoms with van der Waals surface area (Å²) in [4.78, 5) is 23.6. The van der Waals surface area contributed by atoms with E-state index in [1.54, 1.807) is 4.57 Å². The van der Waals surface area contributed by atoms with Gasteiger partial charge in [-0.05, 0) is 38.5 Å². The summed E-state index contributed by atoms with van der Waals surface area (Å²) < 4.78 is 1.61. The Morgan fingerprint density at radius 1 is 1.48 bits per heavy atom. The Bertz CT molecular complexity index is 591. The number of aromatic nitrogens is 3. The van der Waals surface area contributed by atoms with E-state index < -0.39 is 0 Å². The molecule has 1 aliphatic carbocycles. The van der Waals surface area contributed by atoms with E-state index in [1.165, 1.54) is 43.0 Å². The number of hydrogen-bond acceptors (Lipinski definition) is 4. The molecule has 0 bridgehead atoms. The maximum atomic E-state index is 11.9. The van der Waals surface area contributed by atoms with Crippen molar-refractivity contribution in [3.63, 3.8) is 0 Å². The summed E-state index contributed by atoms with van der Waals surface area (Å²) in [7, 11) is 0. The van der Waals surface area contributed by atoms with Gasteiger partial charge in [0.25, 0.3) is 0 Å². The number of amides is 1. The van der Waals surface area contributed by atoms with Gasteiger partial charge in [-0.2, -0.15) is 0 Å². The first-order chi connectivity index (χ1) is 11.2. The highest BCUT2D eigenvalue weighted by molar-refractivity contribution is 7.99. The number of nitrogens with zero attached hydrogens (tertiary/aromatic N) is 2. The van der Waals surface area contributed by atoms with Crippen molar-refractivity contribution in [2.75, 3.05) is 12.3 Å². The summed E-state index contributed by atoms with van der Waals surface area (Å²) in [5.41, 5.74) is 1.26. The molecule has 128 valence electrons. The van der Waals surface area contributed by atoms with Gasteiger partial charge in [-0.3, -0.25) is 9.36 Å². The van der Waals surface area contributed by atoms with Crippen LogP contribution in [0, 0.1) is 0 Å². The number of allylic oxidation sites excluding steroid dienone is 1. The number of rotatable bonds is 9. The lowest BCUT2D eigenvalue weighted by atomic mass is 9.97. The van der Waals surface area contributed by atoms with Crippen LogP contribution < -0.4 is 11.0 Å². The zero-order valence-electron chi connectivity index (χ0n) is 13.8. The highest BCUT2D eigenvalue weighted by Gasteiger charge is 2.11. The van der Waals surface area contributed by atoms with Gasteiger partial charge in [-0.25, -0.2) is 9.89 Å². The fraction of sp³-hybridized carbons (Fsp3) is 0.688. The monoisotopic (exact) mass is 338 g/mol. The molecule has 1 aromatic rings. The molecule has 0 unspecified atom stereocenters. The van der Waals surface area contributed by atoms with Gasteiger partial charge in [-0.15, -0.1) is 5.10 Å². The van der Waals surface area contributed by atoms with Crippen LogP contribution in [0.5, 0.6) is 0 Å². The van der Waals surface area contributed by atoms with Crippen molar-refractivity contribution in [2.45, 2.75) is 63.6 Å². The Morgan fingerprint density at radius 2 is 2.35 bits per heavy atom. The third kappa shape index (κ3) is 5.89. The summed E-state index contributed by atoms with van der Waals surface area (Å²) in [5, 5.41) is 9.98. The summed E-state index contributed by atoms with van der Waals surface area (Å²) in [6, 6.07) is 0. The van der Waals surface area contributed by atoms with Crippen LogP contribution in [-0.2, 0) is 11.3 Å². The summed E-state index contributed by atoms with van der Waals surface area (Å²) in [6.07, 6.45) is 10.1. The molecule has 1 amide bonds. The summed E-state index contributed by atoms with van der Waals surface area (Å²) in [6.45, 7) is 3.41. The Hall–Kier alpha value is -1.50. The molecule has 1 aromatic heterocycles. The van der Waals surface area contributed by atoms with Crippen molar-refractivity contribution < 1.29 is 4.79 Å². The Labute approximate surface area is 141 Å². The minimum absolute atomic E-state index is 0.0103. The minimum atomic E-state index is -0.203. The van der Waals surface area contributed by atoms with Gasteiger partial charge < -0.3 is 5.32 Å². The van der Waals surface area contributed by atoms with Crippen LogP contribution in [-0.4, -0.2) is 33.0 Å². The molecule has 0 fully saturated rings. The van der Waals surface area contributed by atoms with Crippen LogP contribution in [0.4, 0.5) is 0 Å². The van der Waals surface area contributed by atoms with Gasteiger partial charge in [0.05, 0.1) is 5.75 Å². The van der Waals surface area contributed by atoms with Crippen molar-refractivity contribution in [3.05, 3.63) is 22.1 Å². The van der Waals surface area contributed by atoms with Crippen molar-refractivity contribution in [1.82, 2.24) is 20.1 Å². The zero-order chi connectivity index (χ0) is 16.5. The van der Waals surface area contributed by atoms with Gasteiger partial charge in [-0.1, -0.05) is 36.8 Å². The van der Waals surface area contributed by atoms with E-state index in [-0.39, 0.29) is 17.3 Å². The normalized spacial score (nSPS) is 14.6. The molecule has 0 radical (unpaired) electrons. The predicted octanol–water partition coefficient (Wildman–Crippen LogP) is 2.47. The topological polar surface area (TPSA) is 79.8 Å². The first kappa shape index (κ1) is 17.8. The molecular weight excluding hydrogens is 312 g/mol. The number of hydrogen-bond donors (Lipinski definition) is 2. The minimum Gasteiger partial charge on any atom is -0.355 e. The summed E-state index contributed by atoms with van der Waals surface area (Å²) >= 11 is 1.31. The SMILES string of the molecule is CCCCn1c(SCC(=O)NCCC2=CCCCC2)n[nH]c1=O. The van der Waals surface area contributed by atoms with Crippen molar-refractivity contribution in [2.24, 2.45) is 0 Å². The van der Waals surface area contributed by atoms with E-state index >= 15 is 0 Å². The molecule has 7 heteroatoms. The number of aromatic amines is 1. The zero-order valence-corrected chi connectivity index (χ0v) is 14.6. The average molecular weight is 338 g/mol. The fourth-order valence-electron chi connectivity index (χ4n) is 2.60. The number of H-pyrrole nitrogens is 1. The molecule has 0 atom stereocenters. The molecule has 6 nitrogen and oxygen atoms in total. The first-order valence-corrected chi connectivity index (χ1v) is 9.42. The van der Waals surface area contributed by atoms with Crippen LogP contribution in [0.15, 0.2) is 21.6 Å². The lowest BCUT2D eigenvalue weighted by molar-refractivity contribution is -0.118. The number of unbranched alkanes of at least 4 members (excludes halogenated alkanes) is 1. The van der Waals surface area contributed by atoms with Gasteiger partial charge in [0.1, 0.15) is 0 Å². The molecule has 23 heavy (non-hydrogen) atoms. The second kappa shape index (κ2) is 9.60. The number of thioether (sulfide) groups is 1. The molecule has 0 saturated heterocycles. The van der Waals surface area contributed by atoms with Crippen molar-refractivity contribution >= 4 is 17.7 Å². The quantitative estimate of drug-likeness (QED) is 0.535. The maximum Gasteiger partial charge on any atom is 0.343 e. The lowest BCUT2D eigenvalue weighted by Crippen LogP contribution is -2.27. The Kier molecular flexibility index (Phi) is 7.45. The van der Waals surface area contributed by atoms with Gasteiger partial charge >= 0.3 is 5.69 Å². The lowest BCUT2D eigenvalue weighted by Gasteiger charge is -2.12. The maximum absolute atomic E-state index is 11.9. The Morgan fingerprint density at radius 3 is 3.09 bits per heavy atom. The number of carbonyl (C=O) groups excluding carboxylic acids is 1. The molecule has 2 N–H and O–H groups in total. The van der Waals surface area contributed by atoms with Crippen LogP contribution in [0.1, 0.15) is 51.9 Å². The van der Waals surface area contributed by atoms with Crippen molar-refractivity contribution in [1.29, 1.82) is 0 Å². The molecular formula is C16H26N4O2S. The Balaban J connectivity index is 1.71. The smallest absolute Gasteiger partial charge is 0.343 e. The summed E-state index contributed by atoms with van der Waals surface area (Å²) in [5.74, 6) is 0.277. The van der Waals surface area contributed by atoms with Crippen molar-refractivity contribution in [3.8, 4) is 0 Å². The molecule has 2 rings (SSSR count). The van der Waals surface area contributed by atoms with Gasteiger partial charge in [0.2, 0.25) is 5.91 Å².